The molecule has 10 atom stereocenters. The molecule has 0 spiro atoms. The number of aliphatic hydroxyl groups is 3. The van der Waals surface area contributed by atoms with E-state index in [9.17, 15) is 54.0 Å². The fourth-order valence-corrected chi connectivity index (χ4v) is 7.00. The van der Waals surface area contributed by atoms with Gasteiger partial charge in [-0.3, -0.25) is 28.8 Å². The summed E-state index contributed by atoms with van der Waals surface area (Å²) >= 11 is 0. The van der Waals surface area contributed by atoms with Crippen LogP contribution in [0.5, 0.6) is 0 Å². The zero-order valence-electron chi connectivity index (χ0n) is 30.1. The number of likely N-dealkylation sites (tertiary alicyclic amines) is 3. The number of unbranched alkanes of at least 4 members (excludes halogenated alkanes) is 1. The number of hydrogen-bond acceptors (Lipinski definition) is 12. The number of aliphatic carboxylic acids is 1. The van der Waals surface area contributed by atoms with Crippen molar-refractivity contribution in [1.29, 1.82) is 0 Å². The third-order valence-electron chi connectivity index (χ3n) is 9.94. The first kappa shape index (κ1) is 42.5. The van der Waals surface area contributed by atoms with Gasteiger partial charge in [0.2, 0.25) is 35.4 Å². The Labute approximate surface area is 302 Å². The van der Waals surface area contributed by atoms with E-state index in [2.05, 4.69) is 16.0 Å². The molecule has 0 aliphatic carbocycles. The molecular weight excluding hydrogens is 684 g/mol. The Morgan fingerprint density at radius 3 is 1.62 bits per heavy atom. The molecule has 11 N–H and O–H groups in total. The van der Waals surface area contributed by atoms with Crippen LogP contribution in [0.15, 0.2) is 0 Å². The van der Waals surface area contributed by atoms with Gasteiger partial charge in [-0.25, -0.2) is 4.79 Å². The van der Waals surface area contributed by atoms with E-state index in [0.29, 0.717) is 45.1 Å². The molecule has 0 radical (unpaired) electrons. The van der Waals surface area contributed by atoms with Gasteiger partial charge in [0, 0.05) is 19.6 Å². The molecule has 3 fully saturated rings. The van der Waals surface area contributed by atoms with Gasteiger partial charge < -0.3 is 62.5 Å². The number of nitrogens with two attached hydrogens (primary N) is 2. The number of carbonyl (C=O) groups excluding carboxylic acids is 6. The minimum Gasteiger partial charge on any atom is -0.480 e. The van der Waals surface area contributed by atoms with Crippen LogP contribution in [-0.4, -0.2) is 163 Å². The van der Waals surface area contributed by atoms with Crippen LogP contribution < -0.4 is 27.4 Å². The topological polar surface area (TPSA) is 298 Å². The Kier molecular flexibility index (Phi) is 15.7. The van der Waals surface area contributed by atoms with E-state index >= 15 is 0 Å². The lowest BCUT2D eigenvalue weighted by molar-refractivity contribution is -0.151. The third kappa shape index (κ3) is 10.4. The van der Waals surface area contributed by atoms with E-state index in [1.165, 1.54) is 30.6 Å². The highest BCUT2D eigenvalue weighted by atomic mass is 16.4. The number of hydrogen-bond donors (Lipinski definition) is 9. The molecule has 0 aromatic heterocycles. The van der Waals surface area contributed by atoms with Crippen LogP contribution in [0.2, 0.25) is 0 Å². The van der Waals surface area contributed by atoms with Gasteiger partial charge in [-0.05, 0) is 78.7 Å². The molecule has 3 saturated heterocycles. The molecule has 0 unspecified atom stereocenters. The van der Waals surface area contributed by atoms with Gasteiger partial charge in [-0.2, -0.15) is 0 Å². The highest BCUT2D eigenvalue weighted by molar-refractivity contribution is 5.98. The van der Waals surface area contributed by atoms with E-state index in [1.54, 1.807) is 0 Å². The predicted octanol–water partition coefficient (Wildman–Crippen LogP) is -3.90. The quantitative estimate of drug-likeness (QED) is 0.0646. The van der Waals surface area contributed by atoms with Crippen LogP contribution in [0.25, 0.3) is 0 Å². The maximum Gasteiger partial charge on any atom is 0.326 e. The standard InChI is InChI=1S/C33H56N8O11/c1-17(42)24(29(47)38-26(19(3)44)32(50)41-16-8-12-23(41)33(51)52)36-28(46)21-10-6-14-39(21)30(48)22-11-7-15-40(22)31(49)25(18(2)43)37-27(45)20(35)9-4-5-13-34/h17-26,42-44H,4-16,34-35H2,1-3H3,(H,36,46)(H,37,45)(H,38,47)(H,51,52)/t17-,18-,19-,20+,21+,22+,23+,24+,25+,26+/m1/s1. The Morgan fingerprint density at radius 1 is 0.654 bits per heavy atom. The molecule has 19 heteroatoms. The van der Waals surface area contributed by atoms with Crippen molar-refractivity contribution in [2.45, 2.75) is 139 Å². The lowest BCUT2D eigenvalue weighted by Crippen LogP contribution is -2.62. The van der Waals surface area contributed by atoms with Crippen LogP contribution in [0, 0.1) is 0 Å². The number of carboxylic acid groups (broad SMARTS) is 1. The summed E-state index contributed by atoms with van der Waals surface area (Å²) in [6, 6.07) is -8.68. The molecule has 294 valence electrons. The maximum atomic E-state index is 13.9. The highest BCUT2D eigenvalue weighted by Crippen LogP contribution is 2.26. The molecule has 0 aromatic rings. The molecule has 6 amide bonds. The number of nitrogens with zero attached hydrogens (tertiary/aromatic N) is 3. The Morgan fingerprint density at radius 2 is 1.12 bits per heavy atom. The first-order valence-electron chi connectivity index (χ1n) is 18.1. The van der Waals surface area contributed by atoms with E-state index < -0.39 is 102 Å². The average Bonchev–Trinajstić information content (AvgIpc) is 3.88. The van der Waals surface area contributed by atoms with E-state index in [0.717, 1.165) is 4.90 Å². The molecule has 3 aliphatic heterocycles. The second kappa shape index (κ2) is 19.2. The molecule has 3 rings (SSSR count). The average molecular weight is 741 g/mol. The van der Waals surface area contributed by atoms with Crippen LogP contribution in [0.1, 0.15) is 78.6 Å². The smallest absolute Gasteiger partial charge is 0.326 e. The second-order valence-electron chi connectivity index (χ2n) is 14.0. The van der Waals surface area contributed by atoms with Gasteiger partial charge in [0.05, 0.1) is 24.4 Å². The first-order valence-corrected chi connectivity index (χ1v) is 18.1. The number of aliphatic hydroxyl groups excluding tert-OH is 3. The number of amides is 6. The summed E-state index contributed by atoms with van der Waals surface area (Å²) in [5.74, 6) is -5.67. The Bertz CT molecular complexity index is 1310. The molecule has 0 saturated carbocycles. The van der Waals surface area contributed by atoms with Crippen molar-refractivity contribution in [1.82, 2.24) is 30.7 Å². The summed E-state index contributed by atoms with van der Waals surface area (Å²) in [7, 11) is 0. The lowest BCUT2D eigenvalue weighted by Gasteiger charge is -2.34. The predicted molar refractivity (Wildman–Crippen MR) is 184 cm³/mol. The highest BCUT2D eigenvalue weighted by Gasteiger charge is 2.46. The van der Waals surface area contributed by atoms with E-state index in [4.69, 9.17) is 11.5 Å². The number of carbonyl (C=O) groups is 7. The van der Waals surface area contributed by atoms with Crippen molar-refractivity contribution < 1.29 is 54.0 Å². The van der Waals surface area contributed by atoms with Crippen molar-refractivity contribution in [3.05, 3.63) is 0 Å². The Balaban J connectivity index is 1.70. The summed E-state index contributed by atoms with van der Waals surface area (Å²) in [4.78, 5) is 95.8. The number of nitrogens with one attached hydrogen (secondary N) is 3. The number of rotatable bonds is 17. The summed E-state index contributed by atoms with van der Waals surface area (Å²) in [6.07, 6.45) is -0.675. The van der Waals surface area contributed by atoms with Gasteiger partial charge in [-0.15, -0.1) is 0 Å². The van der Waals surface area contributed by atoms with Crippen molar-refractivity contribution in [2.24, 2.45) is 11.5 Å². The van der Waals surface area contributed by atoms with Gasteiger partial charge >= 0.3 is 5.97 Å². The minimum atomic E-state index is -1.62. The molecule has 3 aliphatic rings. The Hall–Kier alpha value is -3.91. The van der Waals surface area contributed by atoms with Gasteiger partial charge in [0.1, 0.15) is 36.3 Å². The molecule has 0 aromatic carbocycles. The van der Waals surface area contributed by atoms with Gasteiger partial charge in [0.25, 0.3) is 0 Å². The zero-order valence-corrected chi connectivity index (χ0v) is 30.1. The summed E-state index contributed by atoms with van der Waals surface area (Å²) in [6.45, 7) is 4.68. The molecule has 19 nitrogen and oxygen atoms in total. The molecular formula is C33H56N8O11. The molecule has 3 heterocycles. The summed E-state index contributed by atoms with van der Waals surface area (Å²) < 4.78 is 0. The lowest BCUT2D eigenvalue weighted by atomic mass is 10.1. The maximum absolute atomic E-state index is 13.9. The van der Waals surface area contributed by atoms with Gasteiger partial charge in [-0.1, -0.05) is 6.42 Å². The SMILES string of the molecule is C[C@@H](O)[C@H](NC(=O)[C@@H]1CCCN1C(=O)[C@@H]1CCCN1C(=O)[C@@H](NC(=O)[C@@H](N)CCCCN)[C@@H](C)O)C(=O)N[C@H](C(=O)N1CCC[C@H]1C(=O)O)[C@@H](C)O. The molecule has 0 bridgehead atoms. The normalized spacial score (nSPS) is 24.3. The second-order valence-corrected chi connectivity index (χ2v) is 14.0. The molecule has 52 heavy (non-hydrogen) atoms. The van der Waals surface area contributed by atoms with Crippen molar-refractivity contribution >= 4 is 41.4 Å². The van der Waals surface area contributed by atoms with Crippen molar-refractivity contribution in [3.8, 4) is 0 Å². The van der Waals surface area contributed by atoms with Crippen molar-refractivity contribution in [2.75, 3.05) is 26.2 Å². The van der Waals surface area contributed by atoms with Crippen LogP contribution in [-0.2, 0) is 33.6 Å². The monoisotopic (exact) mass is 740 g/mol. The van der Waals surface area contributed by atoms with Crippen LogP contribution in [0.3, 0.4) is 0 Å². The summed E-state index contributed by atoms with van der Waals surface area (Å²) in [5.41, 5.74) is 11.5. The zero-order chi connectivity index (χ0) is 38.9. The third-order valence-corrected chi connectivity index (χ3v) is 9.94. The van der Waals surface area contributed by atoms with Crippen LogP contribution >= 0.6 is 0 Å². The summed E-state index contributed by atoms with van der Waals surface area (Å²) in [5, 5.41) is 48.1. The van der Waals surface area contributed by atoms with E-state index in [-0.39, 0.29) is 38.9 Å². The van der Waals surface area contributed by atoms with Gasteiger partial charge in [0.15, 0.2) is 0 Å². The largest absolute Gasteiger partial charge is 0.480 e. The fraction of sp³-hybridized carbons (Fsp3) is 0.788. The first-order chi connectivity index (χ1) is 24.5. The minimum absolute atomic E-state index is 0.110. The van der Waals surface area contributed by atoms with Crippen molar-refractivity contribution in [3.63, 3.8) is 0 Å². The fourth-order valence-electron chi connectivity index (χ4n) is 7.00. The number of carboxylic acids is 1. The van der Waals surface area contributed by atoms with Crippen LogP contribution in [0.4, 0.5) is 0 Å². The van der Waals surface area contributed by atoms with E-state index in [1.807, 2.05) is 0 Å².